The second kappa shape index (κ2) is 3.48. The van der Waals surface area contributed by atoms with E-state index in [0.717, 1.165) is 23.6 Å². The first-order chi connectivity index (χ1) is 6.68. The molecular formula is C11H17N3. The van der Waals surface area contributed by atoms with Crippen molar-refractivity contribution >= 4 is 11.5 Å². The van der Waals surface area contributed by atoms with E-state index in [1.807, 2.05) is 19.2 Å². The van der Waals surface area contributed by atoms with E-state index in [1.54, 1.807) is 0 Å². The van der Waals surface area contributed by atoms with Gasteiger partial charge in [-0.2, -0.15) is 0 Å². The Morgan fingerprint density at radius 1 is 1.57 bits per heavy atom. The number of rotatable bonds is 1. The first-order valence-electron chi connectivity index (χ1n) is 5.17. The topological polar surface area (TPSA) is 42.2 Å². The smallest absolute Gasteiger partial charge is 0.130 e. The fourth-order valence-electron chi connectivity index (χ4n) is 1.96. The van der Waals surface area contributed by atoms with Gasteiger partial charge in [-0.05, 0) is 32.3 Å². The highest BCUT2D eigenvalue weighted by Crippen LogP contribution is 2.25. The number of hydrogen-bond donors (Lipinski definition) is 1. The summed E-state index contributed by atoms with van der Waals surface area (Å²) in [6, 6.07) is 2.58. The van der Waals surface area contributed by atoms with Crippen LogP contribution in [0.2, 0.25) is 0 Å². The molecule has 1 unspecified atom stereocenters. The van der Waals surface area contributed by atoms with Crippen LogP contribution in [0.3, 0.4) is 0 Å². The van der Waals surface area contributed by atoms with Gasteiger partial charge in [0.25, 0.3) is 0 Å². The van der Waals surface area contributed by atoms with Crippen molar-refractivity contribution in [3.63, 3.8) is 0 Å². The molecule has 1 aliphatic heterocycles. The lowest BCUT2D eigenvalue weighted by Crippen LogP contribution is -2.27. The summed E-state index contributed by atoms with van der Waals surface area (Å²) in [4.78, 5) is 6.75. The standard InChI is InChI=1S/C11H17N3/c1-8-7-13-11(6-10(8)12)14-5-3-4-9(14)2/h6-7,9H,3-5H2,1-2H3,(H2,12,13). The highest BCUT2D eigenvalue weighted by Gasteiger charge is 2.21. The Morgan fingerprint density at radius 3 is 2.93 bits per heavy atom. The van der Waals surface area contributed by atoms with Crippen LogP contribution in [0.15, 0.2) is 12.3 Å². The molecule has 1 aromatic rings. The van der Waals surface area contributed by atoms with Crippen LogP contribution in [-0.2, 0) is 0 Å². The molecule has 0 aliphatic carbocycles. The molecule has 1 atom stereocenters. The van der Waals surface area contributed by atoms with E-state index in [0.29, 0.717) is 6.04 Å². The van der Waals surface area contributed by atoms with E-state index in [4.69, 9.17) is 5.73 Å². The molecule has 0 bridgehead atoms. The zero-order valence-corrected chi connectivity index (χ0v) is 8.83. The third-order valence-electron chi connectivity index (χ3n) is 2.98. The lowest BCUT2D eigenvalue weighted by molar-refractivity contribution is 0.727. The average Bonchev–Trinajstić information content (AvgIpc) is 2.57. The van der Waals surface area contributed by atoms with Crippen LogP contribution in [0.5, 0.6) is 0 Å². The monoisotopic (exact) mass is 191 g/mol. The molecule has 0 aromatic carbocycles. The molecule has 1 aromatic heterocycles. The van der Waals surface area contributed by atoms with Crippen molar-refractivity contribution in [2.45, 2.75) is 32.7 Å². The van der Waals surface area contributed by atoms with Gasteiger partial charge in [-0.25, -0.2) is 4.98 Å². The molecular weight excluding hydrogens is 174 g/mol. The van der Waals surface area contributed by atoms with Gasteiger partial charge in [-0.1, -0.05) is 0 Å². The summed E-state index contributed by atoms with van der Waals surface area (Å²) in [6.07, 6.45) is 4.38. The molecule has 2 rings (SSSR count). The molecule has 0 spiro atoms. The van der Waals surface area contributed by atoms with Crippen molar-refractivity contribution in [3.05, 3.63) is 17.8 Å². The third kappa shape index (κ3) is 1.54. The van der Waals surface area contributed by atoms with Gasteiger partial charge in [0, 0.05) is 30.5 Å². The van der Waals surface area contributed by atoms with Crippen molar-refractivity contribution in [2.24, 2.45) is 0 Å². The molecule has 0 saturated carbocycles. The maximum absolute atomic E-state index is 5.87. The molecule has 14 heavy (non-hydrogen) atoms. The summed E-state index contributed by atoms with van der Waals surface area (Å²) >= 11 is 0. The van der Waals surface area contributed by atoms with Gasteiger partial charge in [0.15, 0.2) is 0 Å². The lowest BCUT2D eigenvalue weighted by Gasteiger charge is -2.22. The van der Waals surface area contributed by atoms with Gasteiger partial charge in [-0.3, -0.25) is 0 Å². The Bertz CT molecular complexity index is 335. The number of pyridine rings is 1. The molecule has 1 fully saturated rings. The Morgan fingerprint density at radius 2 is 2.36 bits per heavy atom. The minimum absolute atomic E-state index is 0.601. The fourth-order valence-corrected chi connectivity index (χ4v) is 1.96. The first-order valence-corrected chi connectivity index (χ1v) is 5.17. The van der Waals surface area contributed by atoms with Gasteiger partial charge < -0.3 is 10.6 Å². The highest BCUT2D eigenvalue weighted by molar-refractivity contribution is 5.55. The molecule has 76 valence electrons. The summed E-state index contributed by atoms with van der Waals surface area (Å²) in [6.45, 7) is 5.33. The summed E-state index contributed by atoms with van der Waals surface area (Å²) in [5.74, 6) is 1.03. The summed E-state index contributed by atoms with van der Waals surface area (Å²) in [5.41, 5.74) is 7.76. The van der Waals surface area contributed by atoms with Crippen LogP contribution >= 0.6 is 0 Å². The van der Waals surface area contributed by atoms with E-state index < -0.39 is 0 Å². The van der Waals surface area contributed by atoms with Crippen molar-refractivity contribution in [1.82, 2.24) is 4.98 Å². The predicted molar refractivity (Wildman–Crippen MR) is 59.4 cm³/mol. The zero-order chi connectivity index (χ0) is 10.1. The van der Waals surface area contributed by atoms with E-state index in [-0.39, 0.29) is 0 Å². The summed E-state index contributed by atoms with van der Waals surface area (Å²) in [5, 5.41) is 0. The van der Waals surface area contributed by atoms with Crippen molar-refractivity contribution in [1.29, 1.82) is 0 Å². The van der Waals surface area contributed by atoms with Crippen molar-refractivity contribution in [2.75, 3.05) is 17.2 Å². The van der Waals surface area contributed by atoms with Crippen LogP contribution in [0.1, 0.15) is 25.3 Å². The number of aromatic nitrogens is 1. The molecule has 0 amide bonds. The van der Waals surface area contributed by atoms with Gasteiger partial charge >= 0.3 is 0 Å². The molecule has 1 saturated heterocycles. The fraction of sp³-hybridized carbons (Fsp3) is 0.545. The third-order valence-corrected chi connectivity index (χ3v) is 2.98. The molecule has 2 heterocycles. The van der Waals surface area contributed by atoms with Crippen LogP contribution in [0.4, 0.5) is 11.5 Å². The van der Waals surface area contributed by atoms with Crippen LogP contribution in [0.25, 0.3) is 0 Å². The summed E-state index contributed by atoms with van der Waals surface area (Å²) < 4.78 is 0. The lowest BCUT2D eigenvalue weighted by atomic mass is 10.2. The molecule has 3 heteroatoms. The van der Waals surface area contributed by atoms with Gasteiger partial charge in [0.2, 0.25) is 0 Å². The van der Waals surface area contributed by atoms with Gasteiger partial charge in [-0.15, -0.1) is 0 Å². The first kappa shape index (κ1) is 9.31. The van der Waals surface area contributed by atoms with Crippen molar-refractivity contribution < 1.29 is 0 Å². The molecule has 0 radical (unpaired) electrons. The van der Waals surface area contributed by atoms with Crippen LogP contribution in [0, 0.1) is 6.92 Å². The normalized spacial score (nSPS) is 21.6. The minimum Gasteiger partial charge on any atom is -0.398 e. The number of aryl methyl sites for hydroxylation is 1. The SMILES string of the molecule is Cc1cnc(N2CCCC2C)cc1N. The highest BCUT2D eigenvalue weighted by atomic mass is 15.2. The van der Waals surface area contributed by atoms with E-state index in [9.17, 15) is 0 Å². The average molecular weight is 191 g/mol. The van der Waals surface area contributed by atoms with E-state index >= 15 is 0 Å². The number of nitrogen functional groups attached to an aromatic ring is 1. The zero-order valence-electron chi connectivity index (χ0n) is 8.83. The Hall–Kier alpha value is -1.25. The van der Waals surface area contributed by atoms with Gasteiger partial charge in [0.1, 0.15) is 5.82 Å². The minimum atomic E-state index is 0.601. The van der Waals surface area contributed by atoms with Crippen molar-refractivity contribution in [3.8, 4) is 0 Å². The maximum atomic E-state index is 5.87. The number of nitrogens with zero attached hydrogens (tertiary/aromatic N) is 2. The molecule has 3 nitrogen and oxygen atoms in total. The Balaban J connectivity index is 2.28. The quantitative estimate of drug-likeness (QED) is 0.737. The second-order valence-corrected chi connectivity index (χ2v) is 4.08. The van der Waals surface area contributed by atoms with Gasteiger partial charge in [0.05, 0.1) is 0 Å². The van der Waals surface area contributed by atoms with Crippen LogP contribution in [-0.4, -0.2) is 17.6 Å². The molecule has 2 N–H and O–H groups in total. The van der Waals surface area contributed by atoms with E-state index in [2.05, 4.69) is 16.8 Å². The largest absolute Gasteiger partial charge is 0.398 e. The number of hydrogen-bond acceptors (Lipinski definition) is 3. The number of nitrogens with two attached hydrogens (primary N) is 1. The second-order valence-electron chi connectivity index (χ2n) is 4.08. The predicted octanol–water partition coefficient (Wildman–Crippen LogP) is 1.96. The Kier molecular flexibility index (Phi) is 2.32. The van der Waals surface area contributed by atoms with Crippen LogP contribution < -0.4 is 10.6 Å². The number of anilines is 2. The maximum Gasteiger partial charge on any atom is 0.130 e. The van der Waals surface area contributed by atoms with E-state index in [1.165, 1.54) is 12.8 Å². The Labute approximate surface area is 84.9 Å². The molecule has 1 aliphatic rings. The summed E-state index contributed by atoms with van der Waals surface area (Å²) in [7, 11) is 0.